The van der Waals surface area contributed by atoms with Gasteiger partial charge in [-0.25, -0.2) is 0 Å². The van der Waals surface area contributed by atoms with Gasteiger partial charge in [0.15, 0.2) is 0 Å². The minimum absolute atomic E-state index is 0.175. The zero-order valence-electron chi connectivity index (χ0n) is 19.7. The van der Waals surface area contributed by atoms with Crippen molar-refractivity contribution in [3.05, 3.63) is 82.2 Å². The van der Waals surface area contributed by atoms with Gasteiger partial charge in [-0.3, -0.25) is 14.4 Å². The van der Waals surface area contributed by atoms with Crippen molar-refractivity contribution in [2.24, 2.45) is 0 Å². The standard InChI is InChI=1S/C27H25N5O3/c1-15-23(29-17(3)25(15)32-24(33)11-12-28)14-21-20-13-19(9-10-22(20)31-27(21)35)26(34)30-16(2)18-7-5-4-6-8-18/h4-10,13-14,16,29H,11H2,1-3H3,(H,30,34)(H,31,35)(H,32,33)/b21-14-/t16-/m1/s1. The molecule has 1 atom stereocenters. The van der Waals surface area contributed by atoms with Crippen LogP contribution in [-0.4, -0.2) is 22.7 Å². The number of carbonyl (C=O) groups is 3. The van der Waals surface area contributed by atoms with Gasteiger partial charge in [-0.05, 0) is 56.2 Å². The van der Waals surface area contributed by atoms with E-state index in [1.807, 2.05) is 50.2 Å². The van der Waals surface area contributed by atoms with Gasteiger partial charge in [0.25, 0.3) is 11.8 Å². The average molecular weight is 468 g/mol. The van der Waals surface area contributed by atoms with Crippen molar-refractivity contribution in [2.75, 3.05) is 10.6 Å². The summed E-state index contributed by atoms with van der Waals surface area (Å²) in [5, 5.41) is 17.3. The Morgan fingerprint density at radius 1 is 1.14 bits per heavy atom. The van der Waals surface area contributed by atoms with Crippen LogP contribution < -0.4 is 16.0 Å². The second-order valence-electron chi connectivity index (χ2n) is 8.43. The Morgan fingerprint density at radius 3 is 2.60 bits per heavy atom. The van der Waals surface area contributed by atoms with Crippen LogP contribution in [0.4, 0.5) is 11.4 Å². The molecule has 35 heavy (non-hydrogen) atoms. The maximum Gasteiger partial charge on any atom is 0.256 e. The van der Waals surface area contributed by atoms with Crippen LogP contribution in [0.15, 0.2) is 48.5 Å². The number of nitrogens with one attached hydrogen (secondary N) is 4. The first-order valence-electron chi connectivity index (χ1n) is 11.2. The molecular formula is C27H25N5O3. The number of nitrogens with zero attached hydrogens (tertiary/aromatic N) is 1. The maximum atomic E-state index is 12.9. The number of benzene rings is 2. The van der Waals surface area contributed by atoms with E-state index in [2.05, 4.69) is 20.9 Å². The number of nitriles is 1. The summed E-state index contributed by atoms with van der Waals surface area (Å²) in [4.78, 5) is 40.8. The van der Waals surface area contributed by atoms with Crippen molar-refractivity contribution in [1.29, 1.82) is 5.26 Å². The number of hydrogen-bond donors (Lipinski definition) is 4. The van der Waals surface area contributed by atoms with Crippen LogP contribution in [0.2, 0.25) is 0 Å². The van der Waals surface area contributed by atoms with Crippen LogP contribution >= 0.6 is 0 Å². The average Bonchev–Trinajstić information content (AvgIpc) is 3.29. The van der Waals surface area contributed by atoms with Gasteiger partial charge >= 0.3 is 0 Å². The Balaban J connectivity index is 1.62. The van der Waals surface area contributed by atoms with Gasteiger partial charge < -0.3 is 20.9 Å². The van der Waals surface area contributed by atoms with Crippen molar-refractivity contribution in [3.8, 4) is 6.07 Å². The molecule has 1 aromatic heterocycles. The highest BCUT2D eigenvalue weighted by atomic mass is 16.2. The molecule has 0 fully saturated rings. The molecule has 0 saturated carbocycles. The minimum atomic E-state index is -0.402. The van der Waals surface area contributed by atoms with E-state index in [-0.39, 0.29) is 24.3 Å². The fourth-order valence-electron chi connectivity index (χ4n) is 4.08. The van der Waals surface area contributed by atoms with Crippen LogP contribution in [0.5, 0.6) is 0 Å². The summed E-state index contributed by atoms with van der Waals surface area (Å²) in [6.07, 6.45) is 1.46. The minimum Gasteiger partial charge on any atom is -0.357 e. The molecule has 1 aliphatic heterocycles. The number of hydrogen-bond acceptors (Lipinski definition) is 4. The highest BCUT2D eigenvalue weighted by Gasteiger charge is 2.26. The molecule has 0 aliphatic carbocycles. The molecule has 2 aromatic carbocycles. The summed E-state index contributed by atoms with van der Waals surface area (Å²) in [7, 11) is 0. The first-order chi connectivity index (χ1) is 16.8. The van der Waals surface area contributed by atoms with E-state index in [9.17, 15) is 14.4 Å². The summed E-state index contributed by atoms with van der Waals surface area (Å²) in [6.45, 7) is 5.54. The molecule has 0 bridgehead atoms. The Hall–Kier alpha value is -4.64. The molecule has 3 aromatic rings. The summed E-state index contributed by atoms with van der Waals surface area (Å²) >= 11 is 0. The van der Waals surface area contributed by atoms with Gasteiger partial charge in [0, 0.05) is 28.2 Å². The molecule has 3 amide bonds. The first kappa shape index (κ1) is 23.5. The van der Waals surface area contributed by atoms with Crippen LogP contribution in [0.25, 0.3) is 11.6 Å². The fraction of sp³-hybridized carbons (Fsp3) is 0.185. The Labute approximate surface area is 203 Å². The number of fused-ring (bicyclic) bond motifs is 1. The highest BCUT2D eigenvalue weighted by Crippen LogP contribution is 2.35. The van der Waals surface area contributed by atoms with Crippen molar-refractivity contribution < 1.29 is 14.4 Å². The smallest absolute Gasteiger partial charge is 0.256 e. The number of aromatic nitrogens is 1. The zero-order chi connectivity index (χ0) is 25.1. The maximum absolute atomic E-state index is 12.9. The van der Waals surface area contributed by atoms with E-state index >= 15 is 0 Å². The van der Waals surface area contributed by atoms with Gasteiger partial charge in [-0.2, -0.15) is 5.26 Å². The number of anilines is 2. The molecule has 1 aliphatic rings. The van der Waals surface area contributed by atoms with Crippen molar-refractivity contribution in [2.45, 2.75) is 33.2 Å². The van der Waals surface area contributed by atoms with E-state index in [0.29, 0.717) is 39.5 Å². The number of aromatic amines is 1. The lowest BCUT2D eigenvalue weighted by molar-refractivity contribution is -0.115. The third kappa shape index (κ3) is 4.84. The topological polar surface area (TPSA) is 127 Å². The number of carbonyl (C=O) groups excluding carboxylic acids is 3. The third-order valence-corrected chi connectivity index (χ3v) is 5.98. The predicted octanol–water partition coefficient (Wildman–Crippen LogP) is 4.47. The molecule has 2 heterocycles. The molecule has 0 radical (unpaired) electrons. The summed E-state index contributed by atoms with van der Waals surface area (Å²) < 4.78 is 0. The largest absolute Gasteiger partial charge is 0.357 e. The van der Waals surface area contributed by atoms with E-state index in [0.717, 1.165) is 11.1 Å². The van der Waals surface area contributed by atoms with Crippen LogP contribution in [0.1, 0.15) is 57.8 Å². The second kappa shape index (κ2) is 9.69. The number of amides is 3. The lowest BCUT2D eigenvalue weighted by Gasteiger charge is -2.14. The molecular weight excluding hydrogens is 442 g/mol. The summed E-state index contributed by atoms with van der Waals surface area (Å²) in [6, 6.07) is 16.4. The molecule has 8 heteroatoms. The van der Waals surface area contributed by atoms with Crippen LogP contribution in [0, 0.1) is 25.2 Å². The quantitative estimate of drug-likeness (QED) is 0.399. The third-order valence-electron chi connectivity index (χ3n) is 5.98. The van der Waals surface area contributed by atoms with Gasteiger partial charge in [0.2, 0.25) is 5.91 Å². The van der Waals surface area contributed by atoms with Gasteiger partial charge in [0.05, 0.1) is 23.4 Å². The van der Waals surface area contributed by atoms with E-state index in [4.69, 9.17) is 5.26 Å². The zero-order valence-corrected chi connectivity index (χ0v) is 19.7. The monoisotopic (exact) mass is 467 g/mol. The van der Waals surface area contributed by atoms with E-state index in [1.54, 1.807) is 31.2 Å². The first-order valence-corrected chi connectivity index (χ1v) is 11.2. The predicted molar refractivity (Wildman–Crippen MR) is 134 cm³/mol. The van der Waals surface area contributed by atoms with E-state index < -0.39 is 5.91 Å². The van der Waals surface area contributed by atoms with Crippen molar-refractivity contribution >= 4 is 40.7 Å². The normalized spacial score (nSPS) is 14.1. The summed E-state index contributed by atoms with van der Waals surface area (Å²) in [5.74, 6) is -0.921. The molecule has 176 valence electrons. The Bertz CT molecular complexity index is 1400. The molecule has 8 nitrogen and oxygen atoms in total. The SMILES string of the molecule is Cc1[nH]c(/C=C2\C(=O)Nc3ccc(C(=O)N[C@H](C)c4ccccc4)cc32)c(C)c1NC(=O)CC#N. The lowest BCUT2D eigenvalue weighted by atomic mass is 10.0. The highest BCUT2D eigenvalue weighted by molar-refractivity contribution is 6.35. The van der Waals surface area contributed by atoms with Crippen molar-refractivity contribution in [3.63, 3.8) is 0 Å². The number of rotatable bonds is 6. The molecule has 0 saturated heterocycles. The van der Waals surface area contributed by atoms with Gasteiger partial charge in [-0.15, -0.1) is 0 Å². The Kier molecular flexibility index (Phi) is 6.51. The fourth-order valence-corrected chi connectivity index (χ4v) is 4.08. The van der Waals surface area contributed by atoms with Crippen LogP contribution in [-0.2, 0) is 9.59 Å². The van der Waals surface area contributed by atoms with Crippen molar-refractivity contribution in [1.82, 2.24) is 10.3 Å². The molecule has 4 N–H and O–H groups in total. The van der Waals surface area contributed by atoms with E-state index in [1.165, 1.54) is 0 Å². The van der Waals surface area contributed by atoms with Gasteiger partial charge in [0.1, 0.15) is 6.42 Å². The molecule has 0 unspecified atom stereocenters. The molecule has 4 rings (SSSR count). The Morgan fingerprint density at radius 2 is 1.89 bits per heavy atom. The molecule has 0 spiro atoms. The van der Waals surface area contributed by atoms with Crippen LogP contribution in [0.3, 0.4) is 0 Å². The number of H-pyrrole nitrogens is 1. The number of aryl methyl sites for hydroxylation is 1. The van der Waals surface area contributed by atoms with Gasteiger partial charge in [-0.1, -0.05) is 30.3 Å². The lowest BCUT2D eigenvalue weighted by Crippen LogP contribution is -2.26. The second-order valence-corrected chi connectivity index (χ2v) is 8.43. The summed E-state index contributed by atoms with van der Waals surface area (Å²) in [5.41, 5.74) is 5.78.